The summed E-state index contributed by atoms with van der Waals surface area (Å²) < 4.78 is 0. The molecule has 4 heteroatoms. The Morgan fingerprint density at radius 3 is 2.85 bits per heavy atom. The summed E-state index contributed by atoms with van der Waals surface area (Å²) in [6.45, 7) is 2.77. The number of carbonyl (C=O) groups excluding carboxylic acids is 1. The van der Waals surface area contributed by atoms with E-state index >= 15 is 0 Å². The highest BCUT2D eigenvalue weighted by Gasteiger charge is 2.24. The van der Waals surface area contributed by atoms with Crippen molar-refractivity contribution in [3.05, 3.63) is 53.3 Å². The largest absolute Gasteiger partial charge is 0.350 e. The molecule has 20 heavy (non-hydrogen) atoms. The first-order valence-corrected chi connectivity index (χ1v) is 6.89. The fourth-order valence-electron chi connectivity index (χ4n) is 2.50. The maximum Gasteiger partial charge on any atom is 0.223 e. The summed E-state index contributed by atoms with van der Waals surface area (Å²) in [6, 6.07) is 10.1. The number of benzene rings is 1. The van der Waals surface area contributed by atoms with Gasteiger partial charge in [0.15, 0.2) is 5.78 Å². The molecule has 2 aromatic rings. The Balaban J connectivity index is 1.75. The molecule has 4 nitrogen and oxygen atoms in total. The molecule has 1 aliphatic carbocycles. The van der Waals surface area contributed by atoms with Crippen molar-refractivity contribution < 1.29 is 4.79 Å². The van der Waals surface area contributed by atoms with Crippen LogP contribution in [0.2, 0.25) is 0 Å². The molecule has 1 unspecified atom stereocenters. The minimum Gasteiger partial charge on any atom is -0.350 e. The lowest BCUT2D eigenvalue weighted by molar-refractivity contribution is 0.0951. The van der Waals surface area contributed by atoms with Gasteiger partial charge in [-0.3, -0.25) is 4.79 Å². The van der Waals surface area contributed by atoms with Crippen LogP contribution in [0.5, 0.6) is 0 Å². The third kappa shape index (κ3) is 2.69. The second kappa shape index (κ2) is 5.41. The number of carbonyl (C=O) groups is 1. The van der Waals surface area contributed by atoms with Crippen LogP contribution in [0.1, 0.15) is 35.0 Å². The van der Waals surface area contributed by atoms with Gasteiger partial charge < -0.3 is 5.32 Å². The molecule has 0 fully saturated rings. The molecule has 0 amide bonds. The van der Waals surface area contributed by atoms with Gasteiger partial charge >= 0.3 is 0 Å². The minimum absolute atomic E-state index is 0.161. The fourth-order valence-corrected chi connectivity index (χ4v) is 2.50. The van der Waals surface area contributed by atoms with Crippen LogP contribution in [-0.2, 0) is 13.0 Å². The van der Waals surface area contributed by atoms with Gasteiger partial charge in [-0.15, -0.1) is 0 Å². The summed E-state index contributed by atoms with van der Waals surface area (Å²) in [7, 11) is 0. The van der Waals surface area contributed by atoms with Gasteiger partial charge in [0.2, 0.25) is 5.95 Å². The minimum atomic E-state index is 0.161. The summed E-state index contributed by atoms with van der Waals surface area (Å²) >= 11 is 0. The van der Waals surface area contributed by atoms with E-state index in [0.29, 0.717) is 30.4 Å². The van der Waals surface area contributed by atoms with Gasteiger partial charge in [-0.2, -0.15) is 0 Å². The second-order valence-electron chi connectivity index (χ2n) is 5.33. The number of nitrogens with one attached hydrogen (secondary N) is 1. The van der Waals surface area contributed by atoms with Gasteiger partial charge in [-0.05, 0) is 17.9 Å². The maximum atomic E-state index is 11.9. The quantitative estimate of drug-likeness (QED) is 0.929. The van der Waals surface area contributed by atoms with Crippen LogP contribution in [0.3, 0.4) is 0 Å². The highest BCUT2D eigenvalue weighted by Crippen LogP contribution is 2.24. The molecule has 1 heterocycles. The van der Waals surface area contributed by atoms with Crippen LogP contribution in [0.4, 0.5) is 5.95 Å². The second-order valence-corrected chi connectivity index (χ2v) is 5.33. The standard InChI is InChI=1S/C16H17N3O/c1-11-7-14-13(15(20)8-11)10-18-16(19-14)17-9-12-5-3-2-4-6-12/h2-6,10-11H,7-9H2,1H3,(H,17,18,19). The molecule has 102 valence electrons. The van der Waals surface area contributed by atoms with Gasteiger partial charge in [0, 0.05) is 19.2 Å². The topological polar surface area (TPSA) is 54.9 Å². The molecule has 0 spiro atoms. The Kier molecular flexibility index (Phi) is 3.46. The van der Waals surface area contributed by atoms with Gasteiger partial charge in [0.1, 0.15) is 0 Å². The molecule has 1 atom stereocenters. The normalized spacial score (nSPS) is 17.6. The molecular formula is C16H17N3O. The number of hydrogen-bond donors (Lipinski definition) is 1. The van der Waals surface area contributed by atoms with Crippen molar-refractivity contribution in [2.45, 2.75) is 26.3 Å². The third-order valence-corrected chi connectivity index (χ3v) is 3.54. The number of anilines is 1. The van der Waals surface area contributed by atoms with Crippen molar-refractivity contribution in [3.63, 3.8) is 0 Å². The first-order chi connectivity index (χ1) is 9.72. The monoisotopic (exact) mass is 267 g/mol. The summed E-state index contributed by atoms with van der Waals surface area (Å²) in [5.74, 6) is 1.12. The van der Waals surface area contributed by atoms with E-state index < -0.39 is 0 Å². The van der Waals surface area contributed by atoms with E-state index in [1.807, 2.05) is 18.2 Å². The van der Waals surface area contributed by atoms with Crippen molar-refractivity contribution in [2.24, 2.45) is 5.92 Å². The number of fused-ring (bicyclic) bond motifs is 1. The predicted octanol–water partition coefficient (Wildman–Crippen LogP) is 2.85. The zero-order valence-electron chi connectivity index (χ0n) is 11.5. The zero-order chi connectivity index (χ0) is 13.9. The Hall–Kier alpha value is -2.23. The lowest BCUT2D eigenvalue weighted by atomic mass is 9.88. The van der Waals surface area contributed by atoms with Gasteiger partial charge in [-0.25, -0.2) is 9.97 Å². The van der Waals surface area contributed by atoms with Crippen molar-refractivity contribution in [1.82, 2.24) is 9.97 Å². The van der Waals surface area contributed by atoms with E-state index in [4.69, 9.17) is 0 Å². The summed E-state index contributed by atoms with van der Waals surface area (Å²) in [4.78, 5) is 20.6. The van der Waals surface area contributed by atoms with Crippen LogP contribution in [0, 0.1) is 5.92 Å². The van der Waals surface area contributed by atoms with E-state index in [9.17, 15) is 4.79 Å². The molecule has 0 bridgehead atoms. The number of nitrogens with zero attached hydrogens (tertiary/aromatic N) is 2. The zero-order valence-corrected chi connectivity index (χ0v) is 11.5. The van der Waals surface area contributed by atoms with Crippen molar-refractivity contribution in [3.8, 4) is 0 Å². The number of rotatable bonds is 3. The molecule has 0 saturated carbocycles. The van der Waals surface area contributed by atoms with Crippen LogP contribution in [-0.4, -0.2) is 15.8 Å². The lowest BCUT2D eigenvalue weighted by Crippen LogP contribution is -2.20. The van der Waals surface area contributed by atoms with Gasteiger partial charge in [0.25, 0.3) is 0 Å². The summed E-state index contributed by atoms with van der Waals surface area (Å²) in [6.07, 6.45) is 3.11. The number of ketones is 1. The lowest BCUT2D eigenvalue weighted by Gasteiger charge is -2.19. The Labute approximate surface area is 118 Å². The van der Waals surface area contributed by atoms with Crippen molar-refractivity contribution in [2.75, 3.05) is 5.32 Å². The molecule has 0 aliphatic heterocycles. The van der Waals surface area contributed by atoms with E-state index in [1.54, 1.807) is 6.20 Å². The molecule has 0 radical (unpaired) electrons. The average Bonchev–Trinajstić information content (AvgIpc) is 2.45. The third-order valence-electron chi connectivity index (χ3n) is 3.54. The number of Topliss-reactive ketones (excluding diaryl/α,β-unsaturated/α-hetero) is 1. The molecular weight excluding hydrogens is 250 g/mol. The number of aromatic nitrogens is 2. The van der Waals surface area contributed by atoms with E-state index in [-0.39, 0.29) is 5.78 Å². The van der Waals surface area contributed by atoms with Crippen LogP contribution in [0.25, 0.3) is 0 Å². The van der Waals surface area contributed by atoms with Gasteiger partial charge in [-0.1, -0.05) is 37.3 Å². The van der Waals surface area contributed by atoms with Crippen LogP contribution < -0.4 is 5.32 Å². The molecule has 1 aliphatic rings. The SMILES string of the molecule is CC1CC(=O)c2cnc(NCc3ccccc3)nc2C1. The van der Waals surface area contributed by atoms with E-state index in [2.05, 4.69) is 34.3 Å². The highest BCUT2D eigenvalue weighted by atomic mass is 16.1. The van der Waals surface area contributed by atoms with Crippen molar-refractivity contribution >= 4 is 11.7 Å². The predicted molar refractivity (Wildman–Crippen MR) is 77.6 cm³/mol. The fraction of sp³-hybridized carbons (Fsp3) is 0.312. The van der Waals surface area contributed by atoms with E-state index in [1.165, 1.54) is 5.56 Å². The molecule has 1 aromatic carbocycles. The smallest absolute Gasteiger partial charge is 0.223 e. The van der Waals surface area contributed by atoms with Crippen molar-refractivity contribution in [1.29, 1.82) is 0 Å². The van der Waals surface area contributed by atoms with E-state index in [0.717, 1.165) is 12.1 Å². The molecule has 0 saturated heterocycles. The van der Waals surface area contributed by atoms with Gasteiger partial charge in [0.05, 0.1) is 11.3 Å². The summed E-state index contributed by atoms with van der Waals surface area (Å²) in [5.41, 5.74) is 2.74. The number of hydrogen-bond acceptors (Lipinski definition) is 4. The molecule has 3 rings (SSSR count). The van der Waals surface area contributed by atoms with Crippen LogP contribution in [0.15, 0.2) is 36.5 Å². The first kappa shape index (κ1) is 12.8. The highest BCUT2D eigenvalue weighted by molar-refractivity contribution is 5.98. The summed E-state index contributed by atoms with van der Waals surface area (Å²) in [5, 5.41) is 3.21. The first-order valence-electron chi connectivity index (χ1n) is 6.89. The Bertz CT molecular complexity index is 625. The molecule has 1 N–H and O–H groups in total. The maximum absolute atomic E-state index is 11.9. The van der Waals surface area contributed by atoms with Crippen LogP contribution >= 0.6 is 0 Å². The average molecular weight is 267 g/mol. The Morgan fingerprint density at radius 2 is 2.05 bits per heavy atom. The Morgan fingerprint density at radius 1 is 1.25 bits per heavy atom. The molecule has 1 aromatic heterocycles.